The maximum absolute atomic E-state index is 13.6. The molecule has 0 aromatic carbocycles. The van der Waals surface area contributed by atoms with Crippen LogP contribution in [-0.2, 0) is 10.0 Å². The highest BCUT2D eigenvalue weighted by molar-refractivity contribution is 7.89. The summed E-state index contributed by atoms with van der Waals surface area (Å²) in [4.78, 5) is 5.62. The van der Waals surface area contributed by atoms with E-state index in [2.05, 4.69) is 4.98 Å². The van der Waals surface area contributed by atoms with Gasteiger partial charge in [-0.2, -0.15) is 4.31 Å². The summed E-state index contributed by atoms with van der Waals surface area (Å²) >= 11 is 0. The average Bonchev–Trinajstić information content (AvgIpc) is 2.34. The summed E-state index contributed by atoms with van der Waals surface area (Å²) < 4.78 is 39.3. The Kier molecular flexibility index (Phi) is 5.84. The SMILES string of the molecule is CCN(CCCN(C)C)S(=O)(=O)c1ncccc1F. The Hall–Kier alpha value is -1.05. The van der Waals surface area contributed by atoms with Crippen LogP contribution in [-0.4, -0.2) is 56.3 Å². The van der Waals surface area contributed by atoms with Gasteiger partial charge in [-0.1, -0.05) is 6.92 Å². The summed E-state index contributed by atoms with van der Waals surface area (Å²) in [6.45, 7) is 3.16. The Bertz CT molecular complexity index is 505. The highest BCUT2D eigenvalue weighted by Crippen LogP contribution is 2.16. The molecule has 1 aromatic rings. The van der Waals surface area contributed by atoms with Crippen molar-refractivity contribution in [2.75, 3.05) is 33.7 Å². The summed E-state index contributed by atoms with van der Waals surface area (Å²) in [5.74, 6) is -0.812. The van der Waals surface area contributed by atoms with Gasteiger partial charge in [0.2, 0.25) is 5.03 Å². The number of hydrogen-bond acceptors (Lipinski definition) is 4. The van der Waals surface area contributed by atoms with Crippen LogP contribution in [0, 0.1) is 5.82 Å². The zero-order valence-electron chi connectivity index (χ0n) is 11.5. The van der Waals surface area contributed by atoms with Gasteiger partial charge in [0.05, 0.1) is 0 Å². The van der Waals surface area contributed by atoms with Crippen LogP contribution in [0.1, 0.15) is 13.3 Å². The standard InChI is InChI=1S/C12H20FN3O2S/c1-4-16(10-6-9-15(2)3)19(17,18)12-11(13)7-5-8-14-12/h5,7-8H,4,6,9-10H2,1-3H3. The molecule has 1 heterocycles. The van der Waals surface area contributed by atoms with E-state index in [0.717, 1.165) is 12.6 Å². The molecule has 0 saturated carbocycles. The molecule has 0 N–H and O–H groups in total. The van der Waals surface area contributed by atoms with Crippen molar-refractivity contribution in [1.29, 1.82) is 0 Å². The monoisotopic (exact) mass is 289 g/mol. The summed E-state index contributed by atoms with van der Waals surface area (Å²) in [6.07, 6.45) is 1.97. The fourth-order valence-electron chi connectivity index (χ4n) is 1.69. The summed E-state index contributed by atoms with van der Waals surface area (Å²) in [6, 6.07) is 2.48. The van der Waals surface area contributed by atoms with Crippen molar-refractivity contribution in [2.24, 2.45) is 0 Å². The predicted octanol–water partition coefficient (Wildman–Crippen LogP) is 1.18. The van der Waals surface area contributed by atoms with Crippen molar-refractivity contribution >= 4 is 10.0 Å². The molecule has 0 bridgehead atoms. The maximum atomic E-state index is 13.6. The topological polar surface area (TPSA) is 53.5 Å². The summed E-state index contributed by atoms with van der Waals surface area (Å²) in [7, 11) is -0.0114. The second-order valence-electron chi connectivity index (χ2n) is 4.44. The number of halogens is 1. The number of hydrogen-bond donors (Lipinski definition) is 0. The van der Waals surface area contributed by atoms with Crippen molar-refractivity contribution < 1.29 is 12.8 Å². The molecule has 0 spiro atoms. The lowest BCUT2D eigenvalue weighted by Crippen LogP contribution is -2.34. The second kappa shape index (κ2) is 6.93. The molecule has 0 aliphatic heterocycles. The second-order valence-corrected chi connectivity index (χ2v) is 6.30. The van der Waals surface area contributed by atoms with E-state index in [9.17, 15) is 12.8 Å². The van der Waals surface area contributed by atoms with Gasteiger partial charge >= 0.3 is 0 Å². The first-order valence-electron chi connectivity index (χ1n) is 6.15. The minimum Gasteiger partial charge on any atom is -0.309 e. The highest BCUT2D eigenvalue weighted by atomic mass is 32.2. The van der Waals surface area contributed by atoms with Crippen molar-refractivity contribution in [3.8, 4) is 0 Å². The van der Waals surface area contributed by atoms with Gasteiger partial charge in [-0.25, -0.2) is 17.8 Å². The Morgan fingerprint density at radius 1 is 1.32 bits per heavy atom. The molecule has 19 heavy (non-hydrogen) atoms. The van der Waals surface area contributed by atoms with Crippen LogP contribution in [0.5, 0.6) is 0 Å². The van der Waals surface area contributed by atoms with Crippen LogP contribution in [0.25, 0.3) is 0 Å². The third-order valence-corrected chi connectivity index (χ3v) is 4.58. The van der Waals surface area contributed by atoms with Gasteiger partial charge in [-0.15, -0.1) is 0 Å². The minimum absolute atomic E-state index is 0.297. The molecule has 0 atom stereocenters. The largest absolute Gasteiger partial charge is 0.309 e. The number of rotatable bonds is 7. The van der Waals surface area contributed by atoms with Gasteiger partial charge in [-0.05, 0) is 39.2 Å². The van der Waals surface area contributed by atoms with Crippen LogP contribution in [0.3, 0.4) is 0 Å². The molecule has 0 saturated heterocycles. The quantitative estimate of drug-likeness (QED) is 0.756. The fraction of sp³-hybridized carbons (Fsp3) is 0.583. The van der Waals surface area contributed by atoms with Gasteiger partial charge in [0.1, 0.15) is 0 Å². The van der Waals surface area contributed by atoms with Crippen LogP contribution < -0.4 is 0 Å². The molecule has 0 amide bonds. The molecule has 0 unspecified atom stereocenters. The number of nitrogens with zero attached hydrogens (tertiary/aromatic N) is 3. The summed E-state index contributed by atoms with van der Waals surface area (Å²) in [5.41, 5.74) is 0. The molecular weight excluding hydrogens is 269 g/mol. The third kappa shape index (κ3) is 4.22. The predicted molar refractivity (Wildman–Crippen MR) is 71.8 cm³/mol. The zero-order chi connectivity index (χ0) is 14.5. The maximum Gasteiger partial charge on any atom is 0.263 e. The first-order valence-corrected chi connectivity index (χ1v) is 7.59. The first-order chi connectivity index (χ1) is 8.89. The molecule has 1 aromatic heterocycles. The molecular formula is C12H20FN3O2S. The van der Waals surface area contributed by atoms with Crippen LogP contribution in [0.2, 0.25) is 0 Å². The number of aromatic nitrogens is 1. The lowest BCUT2D eigenvalue weighted by atomic mass is 10.4. The van der Waals surface area contributed by atoms with E-state index in [1.165, 1.54) is 16.6 Å². The lowest BCUT2D eigenvalue weighted by Gasteiger charge is -2.21. The minimum atomic E-state index is -3.85. The van der Waals surface area contributed by atoms with Gasteiger partial charge in [0.25, 0.3) is 10.0 Å². The van der Waals surface area contributed by atoms with Crippen LogP contribution in [0.15, 0.2) is 23.4 Å². The first kappa shape index (κ1) is 16.0. The molecule has 0 radical (unpaired) electrons. The normalized spacial score (nSPS) is 12.3. The van der Waals surface area contributed by atoms with Crippen LogP contribution >= 0.6 is 0 Å². The van der Waals surface area contributed by atoms with E-state index >= 15 is 0 Å². The Morgan fingerprint density at radius 2 is 2.00 bits per heavy atom. The highest BCUT2D eigenvalue weighted by Gasteiger charge is 2.27. The van der Waals surface area contributed by atoms with E-state index in [-0.39, 0.29) is 0 Å². The van der Waals surface area contributed by atoms with Gasteiger partial charge in [-0.3, -0.25) is 0 Å². The third-order valence-electron chi connectivity index (χ3n) is 2.67. The zero-order valence-corrected chi connectivity index (χ0v) is 12.3. The van der Waals surface area contributed by atoms with Gasteiger partial charge in [0.15, 0.2) is 5.82 Å². The number of pyridine rings is 1. The Morgan fingerprint density at radius 3 is 2.53 bits per heavy atom. The number of sulfonamides is 1. The average molecular weight is 289 g/mol. The van der Waals surface area contributed by atoms with Crippen LogP contribution in [0.4, 0.5) is 4.39 Å². The van der Waals surface area contributed by atoms with Crippen molar-refractivity contribution in [2.45, 2.75) is 18.4 Å². The van der Waals surface area contributed by atoms with E-state index in [1.807, 2.05) is 19.0 Å². The van der Waals surface area contributed by atoms with Crippen molar-refractivity contribution in [1.82, 2.24) is 14.2 Å². The van der Waals surface area contributed by atoms with Gasteiger partial charge in [0, 0.05) is 19.3 Å². The van der Waals surface area contributed by atoms with Crippen molar-refractivity contribution in [3.05, 3.63) is 24.1 Å². The van der Waals surface area contributed by atoms with Crippen molar-refractivity contribution in [3.63, 3.8) is 0 Å². The Balaban J connectivity index is 2.87. The van der Waals surface area contributed by atoms with E-state index < -0.39 is 20.9 Å². The molecule has 5 nitrogen and oxygen atoms in total. The molecule has 7 heteroatoms. The molecule has 0 aliphatic carbocycles. The van der Waals surface area contributed by atoms with E-state index in [1.54, 1.807) is 6.92 Å². The lowest BCUT2D eigenvalue weighted by molar-refractivity contribution is 0.354. The molecule has 1 rings (SSSR count). The fourth-order valence-corrected chi connectivity index (χ4v) is 3.16. The van der Waals surface area contributed by atoms with E-state index in [0.29, 0.717) is 19.5 Å². The molecule has 0 aliphatic rings. The van der Waals surface area contributed by atoms with Gasteiger partial charge < -0.3 is 4.90 Å². The summed E-state index contributed by atoms with van der Waals surface area (Å²) in [5, 5.41) is -0.498. The molecule has 108 valence electrons. The molecule has 0 fully saturated rings. The Labute approximate surface area is 114 Å². The van der Waals surface area contributed by atoms with E-state index in [4.69, 9.17) is 0 Å². The smallest absolute Gasteiger partial charge is 0.263 e.